The Morgan fingerprint density at radius 1 is 0.439 bits per heavy atom. The number of ketones is 1. The van der Waals surface area contributed by atoms with Crippen molar-refractivity contribution in [3.63, 3.8) is 0 Å². The number of hydrogen-bond donors (Lipinski definition) is 1. The van der Waals surface area contributed by atoms with Gasteiger partial charge in [-0.05, 0) is 57.8 Å². The topological polar surface area (TPSA) is 262 Å². The van der Waals surface area contributed by atoms with Crippen molar-refractivity contribution in [2.24, 2.45) is 0 Å². The molecule has 2 heterocycles. The van der Waals surface area contributed by atoms with E-state index in [4.69, 9.17) is 74.5 Å². The van der Waals surface area contributed by atoms with E-state index in [1.807, 2.05) is 0 Å². The Balaban J connectivity index is 2.92. The molecule has 0 aromatic heterocycles. The van der Waals surface area contributed by atoms with Crippen molar-refractivity contribution in [2.75, 3.05) is 73.7 Å². The summed E-state index contributed by atoms with van der Waals surface area (Å²) in [5, 5.41) is 2.89. The molecular formula is C82H145NO22P2. The van der Waals surface area contributed by atoms with Gasteiger partial charge in [0, 0.05) is 40.3 Å². The molecule has 2 aliphatic rings. The first-order valence-electron chi connectivity index (χ1n) is 40.9. The monoisotopic (exact) mass is 1560 g/mol. The van der Waals surface area contributed by atoms with Gasteiger partial charge in [-0.2, -0.15) is 0 Å². The minimum Gasteiger partial charge on any atom is -0.454 e. The highest BCUT2D eigenvalue weighted by Gasteiger charge is 2.56. The molecule has 2 rings (SSSR count). The van der Waals surface area contributed by atoms with E-state index in [-0.39, 0.29) is 77.6 Å². The van der Waals surface area contributed by atoms with Gasteiger partial charge in [-0.3, -0.25) is 41.5 Å². The van der Waals surface area contributed by atoms with Gasteiger partial charge < -0.3 is 52.7 Å². The molecule has 0 saturated carbocycles. The Hall–Kier alpha value is -3.74. The average Bonchev–Trinajstić information content (AvgIpc) is 0.778. The van der Waals surface area contributed by atoms with Crippen LogP contribution in [0.5, 0.6) is 0 Å². The van der Waals surface area contributed by atoms with Crippen molar-refractivity contribution in [2.45, 2.75) is 352 Å². The summed E-state index contributed by atoms with van der Waals surface area (Å²) < 4.78 is 130. The molecule has 1 N–H and O–H groups in total. The van der Waals surface area contributed by atoms with Crippen molar-refractivity contribution < 1.29 is 103 Å². The number of carbonyl (C=O) groups excluding carboxylic acids is 4. The number of allylic oxidation sites excluding steroid dienone is 2. The van der Waals surface area contributed by atoms with Gasteiger partial charge in [0.15, 0.2) is 24.8 Å². The Morgan fingerprint density at radius 3 is 1.40 bits per heavy atom. The second kappa shape index (κ2) is 65.8. The average molecular weight is 1560 g/mol. The number of Topliss-reactive ketones (excluding diaryl/α,β-unsaturated/α-hetero) is 1. The van der Waals surface area contributed by atoms with Crippen LogP contribution >= 0.6 is 15.6 Å². The highest BCUT2D eigenvalue weighted by Crippen LogP contribution is 2.54. The van der Waals surface area contributed by atoms with Crippen LogP contribution in [0.3, 0.4) is 0 Å². The minimum atomic E-state index is -4.74. The SMILES string of the molecule is C=CCOC(=O)O[C@H]1[C@H](OCCCCCCCCCC)[C@H](NC(=O)CC(=O)CCCCCCCCCCC)[C@@H](OP(=O)(OCC=C)OCC=C)O[C@@H]1CO[C@@H]1O[C@H](COC)[C@@H](OP(=O)(OCC=C)OCC=C)[C@H](OCC[C@H](CCCCCCC)OC)[C@H]1OC(=O)CCCCCCCCC/C=C\CCCCCC. The number of phosphoric acid groups is 2. The smallest absolute Gasteiger partial charge is 0.454 e. The fourth-order valence-corrected chi connectivity index (χ4v) is 15.3. The third-order valence-corrected chi connectivity index (χ3v) is 21.4. The molecule has 0 unspecified atom stereocenters. The first-order valence-corrected chi connectivity index (χ1v) is 43.9. The molecule has 1 amide bonds. The summed E-state index contributed by atoms with van der Waals surface area (Å²) >= 11 is 0. The predicted molar refractivity (Wildman–Crippen MR) is 421 cm³/mol. The molecule has 107 heavy (non-hydrogen) atoms. The normalized spacial score (nSPS) is 20.7. The molecular weight excluding hydrogens is 1410 g/mol. The van der Waals surface area contributed by atoms with Crippen LogP contribution in [0.1, 0.15) is 285 Å². The van der Waals surface area contributed by atoms with E-state index in [1.165, 1.54) is 88.9 Å². The van der Waals surface area contributed by atoms with Gasteiger partial charge in [-0.1, -0.05) is 257 Å². The second-order valence-electron chi connectivity index (χ2n) is 27.9. The predicted octanol–water partition coefficient (Wildman–Crippen LogP) is 20.2. The molecule has 0 aromatic rings. The summed E-state index contributed by atoms with van der Waals surface area (Å²) in [6, 6.07) is -1.52. The Bertz CT molecular complexity index is 2420. The van der Waals surface area contributed by atoms with Crippen LogP contribution in [-0.2, 0) is 98.0 Å². The molecule has 23 nitrogen and oxygen atoms in total. The Labute approximate surface area is 645 Å². The van der Waals surface area contributed by atoms with Gasteiger partial charge in [0.25, 0.3) is 0 Å². The van der Waals surface area contributed by atoms with Gasteiger partial charge in [0.2, 0.25) is 5.91 Å². The zero-order chi connectivity index (χ0) is 78.3. The molecule has 2 fully saturated rings. The lowest BCUT2D eigenvalue weighted by molar-refractivity contribution is -0.324. The number of methoxy groups -OCH3 is 2. The highest BCUT2D eigenvalue weighted by molar-refractivity contribution is 7.48. The van der Waals surface area contributed by atoms with Crippen LogP contribution in [0.15, 0.2) is 75.4 Å². The lowest BCUT2D eigenvalue weighted by atomic mass is 9.95. The van der Waals surface area contributed by atoms with Crippen LogP contribution in [0.25, 0.3) is 0 Å². The van der Waals surface area contributed by atoms with E-state index in [1.54, 1.807) is 7.11 Å². The van der Waals surface area contributed by atoms with Crippen LogP contribution in [0.2, 0.25) is 0 Å². The van der Waals surface area contributed by atoms with Gasteiger partial charge >= 0.3 is 27.8 Å². The summed E-state index contributed by atoms with van der Waals surface area (Å²) in [6.07, 6.45) is 32.9. The van der Waals surface area contributed by atoms with Crippen LogP contribution in [-0.4, -0.2) is 165 Å². The molecule has 25 heteroatoms. The van der Waals surface area contributed by atoms with E-state index >= 15 is 0 Å². The Kier molecular flexibility index (Phi) is 61.1. The van der Waals surface area contributed by atoms with Gasteiger partial charge in [-0.25, -0.2) is 13.9 Å². The molecule has 2 saturated heterocycles. The molecule has 0 aromatic carbocycles. The first kappa shape index (κ1) is 99.3. The third kappa shape index (κ3) is 46.8. The molecule has 2 aliphatic heterocycles. The van der Waals surface area contributed by atoms with E-state index in [0.717, 1.165) is 161 Å². The number of carbonyl (C=O) groups is 4. The summed E-state index contributed by atoms with van der Waals surface area (Å²) in [7, 11) is -6.26. The molecule has 0 aliphatic carbocycles. The number of rotatable bonds is 74. The van der Waals surface area contributed by atoms with E-state index in [9.17, 15) is 28.3 Å². The van der Waals surface area contributed by atoms with E-state index in [0.29, 0.717) is 25.7 Å². The molecule has 11 atom stereocenters. The first-order chi connectivity index (χ1) is 52.1. The molecule has 0 radical (unpaired) electrons. The van der Waals surface area contributed by atoms with Crippen molar-refractivity contribution in [1.29, 1.82) is 0 Å². The fourth-order valence-electron chi connectivity index (χ4n) is 12.7. The number of phosphoric ester groups is 2. The van der Waals surface area contributed by atoms with Crippen LogP contribution in [0, 0.1) is 0 Å². The van der Waals surface area contributed by atoms with Gasteiger partial charge in [0.1, 0.15) is 49.0 Å². The number of amides is 1. The van der Waals surface area contributed by atoms with Crippen molar-refractivity contribution >= 4 is 39.5 Å². The lowest BCUT2D eigenvalue weighted by Gasteiger charge is -2.47. The van der Waals surface area contributed by atoms with Crippen LogP contribution < -0.4 is 5.32 Å². The zero-order valence-electron chi connectivity index (χ0n) is 67.0. The number of esters is 1. The fraction of sp³-hybridized carbons (Fsp3) is 0.805. The number of nitrogens with one attached hydrogen (secondary N) is 1. The van der Waals surface area contributed by atoms with E-state index < -0.39 is 108 Å². The van der Waals surface area contributed by atoms with E-state index in [2.05, 4.69) is 78.1 Å². The molecule has 0 spiro atoms. The molecule has 620 valence electrons. The quantitative estimate of drug-likeness (QED) is 0.0195. The van der Waals surface area contributed by atoms with Crippen molar-refractivity contribution in [3.05, 3.63) is 75.4 Å². The third-order valence-electron chi connectivity index (χ3n) is 18.6. The highest BCUT2D eigenvalue weighted by atomic mass is 31.2. The standard InChI is InChI=1S/C82H145NO22P2/c1-12-21-25-29-32-35-36-37-38-39-40-42-44-48-52-56-73(86)102-79-78(93-64-57-69(91-11)55-51-46-28-24-15-4)76(104-106(88,96-59-17-6)97-60-18-7)70(66-90-10)101-81(79)95-67-71-75(103-82(87)94-58-16-5)77(92-63-53-49-45-34-31-27-23-14-3)74(80(100-71)105-107(89,98-61-19-8)99-62-20-9)83-72(85)65-68(84)54-50-47-43-41-33-30-26-22-13-2/h16-20,35-36,69-71,74-81H,5-9,12-15,21-34,37-67H2,1-4,10-11H3,(H,83,85)/b36-35-/t69-,70+,71+,74-,75+,76+,77+,78-,79+,80+,81+/m0/s1. The van der Waals surface area contributed by atoms with Crippen molar-refractivity contribution in [1.82, 2.24) is 5.32 Å². The number of ether oxygens (including phenoxy) is 10. The number of hydrogen-bond acceptors (Lipinski definition) is 22. The van der Waals surface area contributed by atoms with Crippen molar-refractivity contribution in [3.8, 4) is 0 Å². The zero-order valence-corrected chi connectivity index (χ0v) is 68.7. The maximum absolute atomic E-state index is 14.9. The number of unbranched alkanes of at least 4 members (excludes halogenated alkanes) is 30. The van der Waals surface area contributed by atoms with Crippen LogP contribution in [0.4, 0.5) is 4.79 Å². The lowest BCUT2D eigenvalue weighted by Crippen LogP contribution is -2.67. The van der Waals surface area contributed by atoms with Gasteiger partial charge in [-0.15, -0.1) is 26.3 Å². The maximum Gasteiger partial charge on any atom is 0.509 e. The second-order valence-corrected chi connectivity index (χ2v) is 31.1. The Morgan fingerprint density at radius 2 is 0.888 bits per heavy atom. The summed E-state index contributed by atoms with van der Waals surface area (Å²) in [5.74, 6) is -1.70. The minimum absolute atomic E-state index is 0.00433. The molecule has 0 bridgehead atoms. The maximum atomic E-state index is 14.9. The summed E-state index contributed by atoms with van der Waals surface area (Å²) in [5.41, 5.74) is 0. The largest absolute Gasteiger partial charge is 0.509 e. The summed E-state index contributed by atoms with van der Waals surface area (Å²) in [6.45, 7) is 25.1. The van der Waals surface area contributed by atoms with Gasteiger partial charge in [0.05, 0.1) is 52.2 Å². The summed E-state index contributed by atoms with van der Waals surface area (Å²) in [4.78, 5) is 56.9.